The fraction of sp³-hybridized carbons (Fsp3) is 0.389. The Kier molecular flexibility index (Phi) is 9.88. The number of allylic oxidation sites excluding steroid dienone is 4. The lowest BCUT2D eigenvalue weighted by atomic mass is 10.1. The highest BCUT2D eigenvalue weighted by Crippen LogP contribution is 2.24. The van der Waals surface area contributed by atoms with Crippen LogP contribution in [0.3, 0.4) is 0 Å². The first kappa shape index (κ1) is 20.3. The molecule has 0 aliphatic heterocycles. The summed E-state index contributed by atoms with van der Waals surface area (Å²) in [5.41, 5.74) is 8.62. The molecular formula is C18H26BrN3O2. The van der Waals surface area contributed by atoms with Gasteiger partial charge < -0.3 is 20.5 Å². The zero-order valence-electron chi connectivity index (χ0n) is 14.5. The molecule has 1 aromatic rings. The van der Waals surface area contributed by atoms with E-state index in [1.165, 1.54) is 0 Å². The van der Waals surface area contributed by atoms with Crippen LogP contribution in [0.1, 0.15) is 19.0 Å². The molecule has 0 unspecified atom stereocenters. The molecule has 6 heteroatoms. The van der Waals surface area contributed by atoms with Crippen LogP contribution in [0.25, 0.3) is 0 Å². The Bertz CT molecular complexity index is 579. The molecule has 0 fully saturated rings. The van der Waals surface area contributed by atoms with Crippen molar-refractivity contribution in [3.63, 3.8) is 0 Å². The van der Waals surface area contributed by atoms with Gasteiger partial charge in [-0.2, -0.15) is 0 Å². The first-order valence-electron chi connectivity index (χ1n) is 7.77. The molecule has 1 heterocycles. The van der Waals surface area contributed by atoms with Crippen LogP contribution in [-0.4, -0.2) is 32.4 Å². The van der Waals surface area contributed by atoms with Crippen LogP contribution in [0, 0.1) is 0 Å². The molecule has 0 bridgehead atoms. The second kappa shape index (κ2) is 11.7. The van der Waals surface area contributed by atoms with E-state index in [0.717, 1.165) is 41.1 Å². The largest absolute Gasteiger partial charge is 0.495 e. The van der Waals surface area contributed by atoms with Gasteiger partial charge in [0.1, 0.15) is 5.76 Å². The van der Waals surface area contributed by atoms with E-state index < -0.39 is 0 Å². The van der Waals surface area contributed by atoms with E-state index in [-0.39, 0.29) is 0 Å². The average Bonchev–Trinajstić information content (AvgIpc) is 2.59. The summed E-state index contributed by atoms with van der Waals surface area (Å²) in [4.78, 5) is 4.37. The van der Waals surface area contributed by atoms with Crippen LogP contribution in [0.15, 0.2) is 58.2 Å². The topological polar surface area (TPSA) is 69.4 Å². The second-order valence-electron chi connectivity index (χ2n) is 5.22. The van der Waals surface area contributed by atoms with E-state index in [0.29, 0.717) is 12.1 Å². The predicted molar refractivity (Wildman–Crippen MR) is 101 cm³/mol. The fourth-order valence-electron chi connectivity index (χ4n) is 1.97. The average molecular weight is 396 g/mol. The van der Waals surface area contributed by atoms with Gasteiger partial charge in [-0.05, 0) is 53.1 Å². The number of hydrogen-bond acceptors (Lipinski definition) is 5. The van der Waals surface area contributed by atoms with Gasteiger partial charge in [0.15, 0.2) is 0 Å². The lowest BCUT2D eigenvalue weighted by Crippen LogP contribution is -2.11. The third kappa shape index (κ3) is 7.66. The number of hydrogen-bond donors (Lipinski definition) is 2. The molecule has 5 nitrogen and oxygen atoms in total. The van der Waals surface area contributed by atoms with Gasteiger partial charge in [0, 0.05) is 55.0 Å². The molecule has 132 valence electrons. The lowest BCUT2D eigenvalue weighted by molar-refractivity contribution is 0.195. The van der Waals surface area contributed by atoms with E-state index in [1.807, 2.05) is 37.4 Å². The van der Waals surface area contributed by atoms with Crippen molar-refractivity contribution in [1.29, 1.82) is 0 Å². The molecule has 0 aromatic carbocycles. The summed E-state index contributed by atoms with van der Waals surface area (Å²) in [7, 11) is 3.34. The summed E-state index contributed by atoms with van der Waals surface area (Å²) in [5.74, 6) is 0.719. The van der Waals surface area contributed by atoms with Gasteiger partial charge in [0.25, 0.3) is 0 Å². The summed E-state index contributed by atoms with van der Waals surface area (Å²) in [6.07, 6.45) is 7.17. The van der Waals surface area contributed by atoms with Gasteiger partial charge in [-0.25, -0.2) is 0 Å². The number of pyridine rings is 1. The smallest absolute Gasteiger partial charge is 0.134 e. The number of rotatable bonds is 10. The molecule has 24 heavy (non-hydrogen) atoms. The molecule has 3 N–H and O–H groups in total. The highest BCUT2D eigenvalue weighted by molar-refractivity contribution is 9.12. The lowest BCUT2D eigenvalue weighted by Gasteiger charge is -2.11. The van der Waals surface area contributed by atoms with Gasteiger partial charge in [-0.15, -0.1) is 0 Å². The third-order valence-corrected chi connectivity index (χ3v) is 4.33. The van der Waals surface area contributed by atoms with Crippen molar-refractivity contribution in [3.8, 4) is 0 Å². The molecule has 0 amide bonds. The second-order valence-corrected chi connectivity index (χ2v) is 6.01. The van der Waals surface area contributed by atoms with Crippen molar-refractivity contribution in [2.24, 2.45) is 5.73 Å². The summed E-state index contributed by atoms with van der Waals surface area (Å²) < 4.78 is 11.3. The van der Waals surface area contributed by atoms with Crippen molar-refractivity contribution in [3.05, 3.63) is 63.9 Å². The van der Waals surface area contributed by atoms with Gasteiger partial charge in [0.05, 0.1) is 7.11 Å². The summed E-state index contributed by atoms with van der Waals surface area (Å²) >= 11 is 3.57. The zero-order valence-corrected chi connectivity index (χ0v) is 16.1. The number of nitrogens with one attached hydrogen (secondary N) is 1. The van der Waals surface area contributed by atoms with Crippen LogP contribution >= 0.6 is 15.9 Å². The standard InChI is InChI=1S/C18H26BrN3O2/c1-14(20)18(19)15(11-16-7-4-5-9-22-16)12-17(24-3)13-21-8-6-10-23-2/h4-5,7,9,12-13,21H,6,8,10-11,20H2,1-3H3/b15-12-,17-13-,18-14-. The Balaban J connectivity index is 2.92. The monoisotopic (exact) mass is 395 g/mol. The first-order chi connectivity index (χ1) is 11.6. The molecule has 0 aliphatic rings. The predicted octanol–water partition coefficient (Wildman–Crippen LogP) is 3.25. The maximum Gasteiger partial charge on any atom is 0.134 e. The van der Waals surface area contributed by atoms with Gasteiger partial charge in [-0.3, -0.25) is 4.98 Å². The minimum absolute atomic E-state index is 0.653. The Labute approximate surface area is 152 Å². The van der Waals surface area contributed by atoms with Crippen LogP contribution in [0.4, 0.5) is 0 Å². The van der Waals surface area contributed by atoms with Crippen molar-refractivity contribution < 1.29 is 9.47 Å². The van der Waals surface area contributed by atoms with E-state index >= 15 is 0 Å². The van der Waals surface area contributed by atoms with E-state index in [4.69, 9.17) is 15.2 Å². The van der Waals surface area contributed by atoms with E-state index in [2.05, 4.69) is 26.2 Å². The summed E-state index contributed by atoms with van der Waals surface area (Å²) in [6, 6.07) is 5.85. The van der Waals surface area contributed by atoms with Gasteiger partial charge in [0.2, 0.25) is 0 Å². The number of ether oxygens (including phenoxy) is 2. The van der Waals surface area contributed by atoms with E-state index in [9.17, 15) is 0 Å². The molecule has 0 spiro atoms. The number of nitrogens with two attached hydrogens (primary N) is 1. The highest BCUT2D eigenvalue weighted by Gasteiger charge is 2.08. The normalized spacial score (nSPS) is 13.5. The molecule has 0 atom stereocenters. The molecule has 0 saturated carbocycles. The minimum Gasteiger partial charge on any atom is -0.495 e. The summed E-state index contributed by atoms with van der Waals surface area (Å²) in [6.45, 7) is 3.40. The molecule has 1 rings (SSSR count). The molecule has 1 aromatic heterocycles. The quantitative estimate of drug-likeness (QED) is 0.361. The minimum atomic E-state index is 0.653. The maximum atomic E-state index is 5.94. The Morgan fingerprint density at radius 2 is 2.17 bits per heavy atom. The molecular weight excluding hydrogens is 370 g/mol. The molecule has 0 radical (unpaired) electrons. The van der Waals surface area contributed by atoms with Crippen LogP contribution in [0.5, 0.6) is 0 Å². The number of halogens is 1. The zero-order chi connectivity index (χ0) is 17.8. The van der Waals surface area contributed by atoms with Gasteiger partial charge in [-0.1, -0.05) is 6.07 Å². The van der Waals surface area contributed by atoms with Crippen LogP contribution < -0.4 is 11.1 Å². The number of aromatic nitrogens is 1. The molecule has 0 aliphatic carbocycles. The highest BCUT2D eigenvalue weighted by atomic mass is 79.9. The van der Waals surface area contributed by atoms with Crippen molar-refractivity contribution in [2.75, 3.05) is 27.4 Å². The van der Waals surface area contributed by atoms with Crippen LogP contribution in [0.2, 0.25) is 0 Å². The van der Waals surface area contributed by atoms with Crippen LogP contribution in [-0.2, 0) is 15.9 Å². The van der Waals surface area contributed by atoms with E-state index in [1.54, 1.807) is 20.4 Å². The Hall–Kier alpha value is -1.79. The van der Waals surface area contributed by atoms with Crippen molar-refractivity contribution in [2.45, 2.75) is 19.8 Å². The number of methoxy groups -OCH3 is 2. The summed E-state index contributed by atoms with van der Waals surface area (Å²) in [5, 5.41) is 3.22. The Morgan fingerprint density at radius 3 is 2.75 bits per heavy atom. The first-order valence-corrected chi connectivity index (χ1v) is 8.57. The third-order valence-electron chi connectivity index (χ3n) is 3.19. The fourth-order valence-corrected chi connectivity index (χ4v) is 2.22. The number of nitrogens with zero attached hydrogens (tertiary/aromatic N) is 1. The maximum absolute atomic E-state index is 5.94. The van der Waals surface area contributed by atoms with Crippen molar-refractivity contribution in [1.82, 2.24) is 10.3 Å². The molecule has 0 saturated heterocycles. The van der Waals surface area contributed by atoms with Crippen molar-refractivity contribution >= 4 is 15.9 Å². The Morgan fingerprint density at radius 1 is 1.38 bits per heavy atom. The SMILES string of the molecule is COCCCN/C=C(/C=C(Cc1ccccn1)\C(Br)=C(/C)N)OC. The van der Waals surface area contributed by atoms with Gasteiger partial charge >= 0.3 is 0 Å².